The van der Waals surface area contributed by atoms with Crippen LogP contribution < -0.4 is 5.32 Å². The number of carbonyl (C=O) groups is 1. The number of methoxy groups -OCH3 is 1. The van der Waals surface area contributed by atoms with Crippen molar-refractivity contribution in [1.82, 2.24) is 5.32 Å². The van der Waals surface area contributed by atoms with Gasteiger partial charge in [0.15, 0.2) is 0 Å². The van der Waals surface area contributed by atoms with Gasteiger partial charge in [-0.3, -0.25) is 4.79 Å². The van der Waals surface area contributed by atoms with Crippen LogP contribution in [0.4, 0.5) is 0 Å². The monoisotopic (exact) mass is 211 g/mol. The minimum Gasteiger partial charge on any atom is -0.469 e. The van der Waals surface area contributed by atoms with E-state index in [9.17, 15) is 4.79 Å². The molecule has 0 heterocycles. The van der Waals surface area contributed by atoms with Crippen LogP contribution in [0.2, 0.25) is 0 Å². The molecule has 0 aliphatic heterocycles. The molecule has 0 aromatic carbocycles. The summed E-state index contributed by atoms with van der Waals surface area (Å²) < 4.78 is 4.68. The highest BCUT2D eigenvalue weighted by Crippen LogP contribution is 2.44. The molecule has 0 radical (unpaired) electrons. The van der Waals surface area contributed by atoms with Crippen LogP contribution >= 0.6 is 0 Å². The van der Waals surface area contributed by atoms with E-state index in [2.05, 4.69) is 17.0 Å². The van der Waals surface area contributed by atoms with E-state index in [1.54, 1.807) is 0 Å². The molecule has 1 atom stereocenters. The highest BCUT2D eigenvalue weighted by Gasteiger charge is 2.41. The fraction of sp³-hybridized carbons (Fsp3) is 0.917. The smallest absolute Gasteiger partial charge is 0.307 e. The maximum absolute atomic E-state index is 11.1. The average molecular weight is 211 g/mol. The van der Waals surface area contributed by atoms with Crippen LogP contribution in [0.1, 0.15) is 39.0 Å². The first-order valence-corrected chi connectivity index (χ1v) is 6.03. The third-order valence-electron chi connectivity index (χ3n) is 3.44. The molecule has 0 amide bonds. The molecule has 1 unspecified atom stereocenters. The van der Waals surface area contributed by atoms with Crippen molar-refractivity contribution in [1.29, 1.82) is 0 Å². The van der Waals surface area contributed by atoms with E-state index in [1.165, 1.54) is 32.8 Å². The molecule has 2 aliphatic rings. The first-order valence-electron chi connectivity index (χ1n) is 6.03. The summed E-state index contributed by atoms with van der Waals surface area (Å²) in [5.74, 6) is 1.66. The Morgan fingerprint density at radius 2 is 1.87 bits per heavy atom. The quantitative estimate of drug-likeness (QED) is 0.680. The van der Waals surface area contributed by atoms with Gasteiger partial charge in [-0.2, -0.15) is 0 Å². The number of hydrogen-bond donors (Lipinski definition) is 1. The molecule has 0 saturated heterocycles. The fourth-order valence-electron chi connectivity index (χ4n) is 2.29. The Balaban J connectivity index is 1.75. The third kappa shape index (κ3) is 3.20. The molecule has 0 aromatic rings. The van der Waals surface area contributed by atoms with E-state index < -0.39 is 0 Å². The van der Waals surface area contributed by atoms with Gasteiger partial charge in [-0.1, -0.05) is 0 Å². The minimum absolute atomic E-state index is 0.111. The van der Waals surface area contributed by atoms with Crippen molar-refractivity contribution >= 4 is 5.97 Å². The minimum atomic E-state index is -0.111. The lowest BCUT2D eigenvalue weighted by Crippen LogP contribution is -2.40. The Morgan fingerprint density at radius 1 is 1.33 bits per heavy atom. The normalized spacial score (nSPS) is 22.9. The van der Waals surface area contributed by atoms with Crippen molar-refractivity contribution < 1.29 is 9.53 Å². The van der Waals surface area contributed by atoms with Gasteiger partial charge in [-0.15, -0.1) is 0 Å². The Kier molecular flexibility index (Phi) is 3.29. The van der Waals surface area contributed by atoms with E-state index in [0.29, 0.717) is 12.5 Å². The Bertz CT molecular complexity index is 222. The van der Waals surface area contributed by atoms with Gasteiger partial charge in [-0.25, -0.2) is 0 Å². The highest BCUT2D eigenvalue weighted by molar-refractivity contribution is 5.69. The molecule has 1 N–H and O–H groups in total. The molecule has 2 saturated carbocycles. The summed E-state index contributed by atoms with van der Waals surface area (Å²) >= 11 is 0. The molecule has 0 aromatic heterocycles. The van der Waals surface area contributed by atoms with Crippen molar-refractivity contribution in [2.24, 2.45) is 11.8 Å². The van der Waals surface area contributed by atoms with Crippen LogP contribution in [0.5, 0.6) is 0 Å². The summed E-state index contributed by atoms with van der Waals surface area (Å²) in [7, 11) is 1.45. The molecule has 0 bridgehead atoms. The third-order valence-corrected chi connectivity index (χ3v) is 3.44. The predicted octanol–water partition coefficient (Wildman–Crippen LogP) is 1.72. The molecule has 2 fully saturated rings. The van der Waals surface area contributed by atoms with Crippen LogP contribution in [-0.2, 0) is 9.53 Å². The van der Waals surface area contributed by atoms with Gasteiger partial charge in [0.05, 0.1) is 13.5 Å². The molecule has 15 heavy (non-hydrogen) atoms. The van der Waals surface area contributed by atoms with Crippen molar-refractivity contribution in [3.05, 3.63) is 0 Å². The number of ether oxygens (including phenoxy) is 1. The summed E-state index contributed by atoms with van der Waals surface area (Å²) in [6, 6.07) is 0.924. The van der Waals surface area contributed by atoms with Crippen LogP contribution in [0.3, 0.4) is 0 Å². The van der Waals surface area contributed by atoms with Gasteiger partial charge in [0.2, 0.25) is 0 Å². The molecule has 2 aliphatic carbocycles. The molecule has 3 nitrogen and oxygen atoms in total. The number of esters is 1. The maximum atomic E-state index is 11.1. The van der Waals surface area contributed by atoms with Gasteiger partial charge in [0, 0.05) is 12.1 Å². The molecular weight excluding hydrogens is 190 g/mol. The topological polar surface area (TPSA) is 38.3 Å². The largest absolute Gasteiger partial charge is 0.469 e. The number of hydrogen-bond acceptors (Lipinski definition) is 3. The van der Waals surface area contributed by atoms with Crippen LogP contribution in [-0.4, -0.2) is 25.2 Å². The van der Waals surface area contributed by atoms with E-state index >= 15 is 0 Å². The lowest BCUT2D eigenvalue weighted by atomic mass is 10.1. The van der Waals surface area contributed by atoms with Gasteiger partial charge >= 0.3 is 5.97 Å². The molecule has 86 valence electrons. The SMILES string of the molecule is COC(=O)CC(C)NC(C1CC1)C1CC1. The predicted molar refractivity (Wildman–Crippen MR) is 58.5 cm³/mol. The van der Waals surface area contributed by atoms with Crippen molar-refractivity contribution in [3.63, 3.8) is 0 Å². The molecule has 0 spiro atoms. The first kappa shape index (κ1) is 10.9. The zero-order valence-electron chi connectivity index (χ0n) is 9.66. The van der Waals surface area contributed by atoms with E-state index in [1.807, 2.05) is 0 Å². The van der Waals surface area contributed by atoms with Gasteiger partial charge in [0.25, 0.3) is 0 Å². The van der Waals surface area contributed by atoms with Crippen LogP contribution in [0.25, 0.3) is 0 Å². The summed E-state index contributed by atoms with van der Waals surface area (Å²) in [5, 5.41) is 3.61. The van der Waals surface area contributed by atoms with Crippen molar-refractivity contribution in [3.8, 4) is 0 Å². The van der Waals surface area contributed by atoms with Gasteiger partial charge in [0.1, 0.15) is 0 Å². The Morgan fingerprint density at radius 3 is 2.27 bits per heavy atom. The Hall–Kier alpha value is -0.570. The van der Waals surface area contributed by atoms with Gasteiger partial charge in [-0.05, 0) is 44.4 Å². The van der Waals surface area contributed by atoms with Gasteiger partial charge < -0.3 is 10.1 Å². The second-order valence-corrected chi connectivity index (χ2v) is 5.05. The zero-order chi connectivity index (χ0) is 10.8. The standard InChI is InChI=1S/C12H21NO2/c1-8(7-11(14)15-2)13-12(9-3-4-9)10-5-6-10/h8-10,12-13H,3-7H2,1-2H3. The van der Waals surface area contributed by atoms with Crippen LogP contribution in [0.15, 0.2) is 0 Å². The molecule has 3 heteroatoms. The fourth-order valence-corrected chi connectivity index (χ4v) is 2.29. The lowest BCUT2D eigenvalue weighted by molar-refractivity contribution is -0.141. The van der Waals surface area contributed by atoms with E-state index in [-0.39, 0.29) is 12.0 Å². The average Bonchev–Trinajstić information content (AvgIpc) is 3.02. The maximum Gasteiger partial charge on any atom is 0.307 e. The second-order valence-electron chi connectivity index (χ2n) is 5.05. The van der Waals surface area contributed by atoms with Crippen molar-refractivity contribution in [2.75, 3.05) is 7.11 Å². The zero-order valence-corrected chi connectivity index (χ0v) is 9.66. The van der Waals surface area contributed by atoms with Crippen LogP contribution in [0, 0.1) is 11.8 Å². The molecule has 2 rings (SSSR count). The first-order chi connectivity index (χ1) is 7.20. The summed E-state index contributed by atoms with van der Waals surface area (Å²) in [5.41, 5.74) is 0. The summed E-state index contributed by atoms with van der Waals surface area (Å²) in [6.07, 6.45) is 5.99. The summed E-state index contributed by atoms with van der Waals surface area (Å²) in [6.45, 7) is 2.08. The second kappa shape index (κ2) is 4.52. The number of nitrogens with one attached hydrogen (secondary N) is 1. The number of rotatable bonds is 6. The highest BCUT2D eigenvalue weighted by atomic mass is 16.5. The van der Waals surface area contributed by atoms with Crippen molar-refractivity contribution in [2.45, 2.75) is 51.1 Å². The molecular formula is C12H21NO2. The number of carbonyl (C=O) groups excluding carboxylic acids is 1. The Labute approximate surface area is 91.6 Å². The van der Waals surface area contributed by atoms with E-state index in [4.69, 9.17) is 0 Å². The van der Waals surface area contributed by atoms with E-state index in [0.717, 1.165) is 11.8 Å². The lowest BCUT2D eigenvalue weighted by Gasteiger charge is -2.22. The summed E-state index contributed by atoms with van der Waals surface area (Å²) in [4.78, 5) is 11.1.